The number of rotatable bonds is 7. The summed E-state index contributed by atoms with van der Waals surface area (Å²) in [6, 6.07) is 3.11. The van der Waals surface area contributed by atoms with E-state index < -0.39 is 0 Å². The first-order valence-corrected chi connectivity index (χ1v) is 8.76. The summed E-state index contributed by atoms with van der Waals surface area (Å²) in [6.45, 7) is 2.17. The molecule has 0 spiro atoms. The lowest BCUT2D eigenvalue weighted by Gasteiger charge is -2.14. The number of nitrogens with one attached hydrogen (secondary N) is 1. The van der Waals surface area contributed by atoms with E-state index in [1.165, 1.54) is 6.07 Å². The van der Waals surface area contributed by atoms with E-state index in [9.17, 15) is 4.39 Å². The molecule has 2 aromatic heterocycles. The fraction of sp³-hybridized carbons (Fsp3) is 0.389. The topological polar surface area (TPSA) is 76.8 Å². The lowest BCUT2D eigenvalue weighted by atomic mass is 10.0. The predicted molar refractivity (Wildman–Crippen MR) is 97.8 cm³/mol. The van der Waals surface area contributed by atoms with Gasteiger partial charge in [0, 0.05) is 30.6 Å². The van der Waals surface area contributed by atoms with E-state index in [0.29, 0.717) is 49.1 Å². The number of nitrogens with zero attached hydrogens (tertiary/aromatic N) is 5. The van der Waals surface area contributed by atoms with Crippen molar-refractivity contribution in [2.75, 3.05) is 39.2 Å². The molecule has 4 rings (SSSR count). The van der Waals surface area contributed by atoms with Crippen LogP contribution in [0.2, 0.25) is 0 Å². The van der Waals surface area contributed by atoms with Crippen LogP contribution in [0, 0.1) is 5.82 Å². The van der Waals surface area contributed by atoms with E-state index in [1.807, 2.05) is 19.0 Å². The zero-order valence-corrected chi connectivity index (χ0v) is 15.3. The Morgan fingerprint density at radius 3 is 3.11 bits per heavy atom. The first kappa shape index (κ1) is 17.5. The van der Waals surface area contributed by atoms with Crippen LogP contribution in [0.25, 0.3) is 5.65 Å². The van der Waals surface area contributed by atoms with Crippen molar-refractivity contribution >= 4 is 11.6 Å². The van der Waals surface area contributed by atoms with Crippen LogP contribution in [0.1, 0.15) is 11.1 Å². The zero-order valence-electron chi connectivity index (χ0n) is 15.3. The van der Waals surface area contributed by atoms with Crippen molar-refractivity contribution < 1.29 is 13.9 Å². The largest absolute Gasteiger partial charge is 0.493 e. The van der Waals surface area contributed by atoms with Gasteiger partial charge in [-0.25, -0.2) is 13.8 Å². The van der Waals surface area contributed by atoms with Crippen LogP contribution in [0.15, 0.2) is 24.7 Å². The lowest BCUT2D eigenvalue weighted by molar-refractivity contribution is 0.262. The van der Waals surface area contributed by atoms with Crippen LogP contribution >= 0.6 is 0 Å². The molecule has 1 aliphatic rings. The van der Waals surface area contributed by atoms with E-state index in [2.05, 4.69) is 20.5 Å². The van der Waals surface area contributed by atoms with Crippen LogP contribution in [0.3, 0.4) is 0 Å². The lowest BCUT2D eigenvalue weighted by Crippen LogP contribution is -2.19. The molecule has 0 fully saturated rings. The van der Waals surface area contributed by atoms with Gasteiger partial charge in [0.05, 0.1) is 12.8 Å². The molecule has 0 unspecified atom stereocenters. The molecule has 1 aromatic carbocycles. The molecule has 142 valence electrons. The molecule has 0 saturated heterocycles. The molecule has 0 radical (unpaired) electrons. The van der Waals surface area contributed by atoms with Crippen LogP contribution in [-0.4, -0.2) is 58.3 Å². The Kier molecular flexibility index (Phi) is 4.76. The monoisotopic (exact) mass is 372 g/mol. The highest BCUT2D eigenvalue weighted by molar-refractivity contribution is 5.56. The Bertz CT molecular complexity index is 958. The Morgan fingerprint density at radius 1 is 1.37 bits per heavy atom. The average molecular weight is 372 g/mol. The van der Waals surface area contributed by atoms with Crippen LogP contribution in [0.4, 0.5) is 10.3 Å². The molecule has 0 atom stereocenters. The van der Waals surface area contributed by atoms with Crippen molar-refractivity contribution in [3.05, 3.63) is 41.6 Å². The molecule has 0 aliphatic carbocycles. The van der Waals surface area contributed by atoms with Crippen LogP contribution < -0.4 is 14.8 Å². The molecule has 1 aliphatic heterocycles. The van der Waals surface area contributed by atoms with E-state index >= 15 is 0 Å². The third-order valence-electron chi connectivity index (χ3n) is 4.46. The average Bonchev–Trinajstić information content (AvgIpc) is 3.31. The van der Waals surface area contributed by atoms with Gasteiger partial charge in [0.25, 0.3) is 0 Å². The number of anilines is 1. The maximum Gasteiger partial charge on any atom is 0.210 e. The van der Waals surface area contributed by atoms with Gasteiger partial charge < -0.3 is 19.7 Å². The SMILES string of the molecule is CN(C)CCOc1cnc(NCc2c(F)ccc3c2CCO3)n2cnnc12. The number of aromatic nitrogens is 4. The molecule has 0 amide bonds. The van der Waals surface area contributed by atoms with Gasteiger partial charge >= 0.3 is 0 Å². The standard InChI is InChI=1S/C18H21FN6O2/c1-24(2)6-8-27-16-10-21-18(25-11-22-23-17(16)25)20-9-13-12-5-7-26-15(12)4-3-14(13)19/h3-4,10-11H,5-9H2,1-2H3,(H,20,21). The normalized spacial score (nSPS) is 13.0. The maximum absolute atomic E-state index is 14.3. The summed E-state index contributed by atoms with van der Waals surface area (Å²) < 4.78 is 27.3. The second-order valence-electron chi connectivity index (χ2n) is 6.58. The fourth-order valence-corrected chi connectivity index (χ4v) is 3.04. The zero-order chi connectivity index (χ0) is 18.8. The fourth-order valence-electron chi connectivity index (χ4n) is 3.04. The third kappa shape index (κ3) is 3.50. The van der Waals surface area contributed by atoms with Gasteiger partial charge in [0.2, 0.25) is 11.6 Å². The molecule has 3 heterocycles. The van der Waals surface area contributed by atoms with Gasteiger partial charge in [0.15, 0.2) is 5.75 Å². The van der Waals surface area contributed by atoms with Gasteiger partial charge in [-0.3, -0.25) is 0 Å². The number of halogens is 1. The van der Waals surface area contributed by atoms with Crippen LogP contribution in [0.5, 0.6) is 11.5 Å². The molecule has 8 nitrogen and oxygen atoms in total. The third-order valence-corrected chi connectivity index (χ3v) is 4.46. The van der Waals surface area contributed by atoms with E-state index in [0.717, 1.165) is 17.9 Å². The van der Waals surface area contributed by atoms with Crippen LogP contribution in [-0.2, 0) is 13.0 Å². The minimum absolute atomic E-state index is 0.254. The second-order valence-corrected chi connectivity index (χ2v) is 6.58. The minimum atomic E-state index is -0.254. The summed E-state index contributed by atoms with van der Waals surface area (Å²) in [6.07, 6.45) is 3.87. The van der Waals surface area contributed by atoms with Crippen molar-refractivity contribution in [2.24, 2.45) is 0 Å². The van der Waals surface area contributed by atoms with Gasteiger partial charge in [-0.2, -0.15) is 0 Å². The summed E-state index contributed by atoms with van der Waals surface area (Å²) in [5, 5.41) is 11.2. The summed E-state index contributed by atoms with van der Waals surface area (Å²) in [5.41, 5.74) is 2.07. The number of hydrogen-bond donors (Lipinski definition) is 1. The summed E-state index contributed by atoms with van der Waals surface area (Å²) >= 11 is 0. The highest BCUT2D eigenvalue weighted by Gasteiger charge is 2.20. The van der Waals surface area contributed by atoms with Crippen molar-refractivity contribution in [1.29, 1.82) is 0 Å². The van der Waals surface area contributed by atoms with Gasteiger partial charge in [-0.05, 0) is 26.2 Å². The minimum Gasteiger partial charge on any atom is -0.493 e. The van der Waals surface area contributed by atoms with E-state index in [-0.39, 0.29) is 5.82 Å². The van der Waals surface area contributed by atoms with Gasteiger partial charge in [-0.15, -0.1) is 10.2 Å². The Morgan fingerprint density at radius 2 is 2.26 bits per heavy atom. The quantitative estimate of drug-likeness (QED) is 0.677. The number of ether oxygens (including phenoxy) is 2. The number of benzene rings is 1. The van der Waals surface area contributed by atoms with Crippen molar-refractivity contribution in [1.82, 2.24) is 24.5 Å². The van der Waals surface area contributed by atoms with Crippen molar-refractivity contribution in [3.8, 4) is 11.5 Å². The molecule has 27 heavy (non-hydrogen) atoms. The summed E-state index contributed by atoms with van der Waals surface area (Å²) in [5.74, 6) is 1.57. The Balaban J connectivity index is 1.54. The van der Waals surface area contributed by atoms with Crippen molar-refractivity contribution in [2.45, 2.75) is 13.0 Å². The molecule has 0 saturated carbocycles. The predicted octanol–water partition coefficient (Wildman–Crippen LogP) is 1.75. The first-order chi connectivity index (χ1) is 13.1. The first-order valence-electron chi connectivity index (χ1n) is 8.76. The van der Waals surface area contributed by atoms with Gasteiger partial charge in [-0.1, -0.05) is 0 Å². The van der Waals surface area contributed by atoms with E-state index in [4.69, 9.17) is 9.47 Å². The van der Waals surface area contributed by atoms with Crippen molar-refractivity contribution in [3.63, 3.8) is 0 Å². The highest BCUT2D eigenvalue weighted by atomic mass is 19.1. The highest BCUT2D eigenvalue weighted by Crippen LogP contribution is 2.30. The Labute approximate surface area is 155 Å². The number of likely N-dealkylation sites (N-methyl/N-ethyl adjacent to an activating group) is 1. The Hall–Kier alpha value is -2.94. The second kappa shape index (κ2) is 7.36. The molecule has 1 N–H and O–H groups in total. The number of hydrogen-bond acceptors (Lipinski definition) is 7. The molecular formula is C18H21FN6O2. The van der Waals surface area contributed by atoms with Gasteiger partial charge in [0.1, 0.15) is 24.5 Å². The van der Waals surface area contributed by atoms with E-state index in [1.54, 1.807) is 23.0 Å². The maximum atomic E-state index is 14.3. The molecule has 9 heteroatoms. The number of fused-ring (bicyclic) bond motifs is 2. The molecular weight excluding hydrogens is 351 g/mol. The summed E-state index contributed by atoms with van der Waals surface area (Å²) in [4.78, 5) is 6.42. The smallest absolute Gasteiger partial charge is 0.210 e. The molecule has 0 bridgehead atoms. The molecule has 3 aromatic rings. The summed E-state index contributed by atoms with van der Waals surface area (Å²) in [7, 11) is 3.96.